The smallest absolute Gasteiger partial charge is 0.266 e. The molecule has 2 nitrogen and oxygen atoms in total. The third-order valence-electron chi connectivity index (χ3n) is 3.53. The van der Waals surface area contributed by atoms with Gasteiger partial charge in [0, 0.05) is 4.70 Å². The molecule has 1 amide bonds. The molecule has 3 rings (SSSR count). The number of carbonyl (C=O) groups excluding carboxylic acids is 1. The molecule has 4 heteroatoms. The molecule has 3 aromatic rings. The van der Waals surface area contributed by atoms with Crippen LogP contribution in [0.3, 0.4) is 0 Å². The molecule has 0 bridgehead atoms. The van der Waals surface area contributed by atoms with E-state index in [-0.39, 0.29) is 11.6 Å². The number of hydrogen-bond donors (Lipinski definition) is 1. The van der Waals surface area contributed by atoms with Crippen molar-refractivity contribution < 1.29 is 9.18 Å². The first-order valence-corrected chi connectivity index (χ1v) is 8.08. The molecule has 1 N–H and O–H groups in total. The van der Waals surface area contributed by atoms with Crippen molar-refractivity contribution in [3.05, 3.63) is 64.8 Å². The molecule has 0 saturated heterocycles. The Morgan fingerprint density at radius 2 is 1.86 bits per heavy atom. The minimum atomic E-state index is -0.422. The summed E-state index contributed by atoms with van der Waals surface area (Å²) in [6, 6.07) is 14.2. The summed E-state index contributed by atoms with van der Waals surface area (Å²) in [5, 5.41) is 3.80. The SMILES string of the molecule is CCCc1c(C(=O)Nc2ccccc2F)sc2ccccc12. The van der Waals surface area contributed by atoms with Gasteiger partial charge in [-0.15, -0.1) is 11.3 Å². The monoisotopic (exact) mass is 313 g/mol. The average Bonchev–Trinajstić information content (AvgIpc) is 2.89. The van der Waals surface area contributed by atoms with Gasteiger partial charge in [-0.2, -0.15) is 0 Å². The van der Waals surface area contributed by atoms with Crippen LogP contribution in [0.1, 0.15) is 28.6 Å². The predicted molar refractivity (Wildman–Crippen MR) is 90.2 cm³/mol. The molecule has 2 aromatic carbocycles. The van der Waals surface area contributed by atoms with Gasteiger partial charge in [0.1, 0.15) is 5.82 Å². The van der Waals surface area contributed by atoms with Gasteiger partial charge in [-0.1, -0.05) is 43.7 Å². The van der Waals surface area contributed by atoms with Crippen molar-refractivity contribution in [2.75, 3.05) is 5.32 Å². The number of hydrogen-bond acceptors (Lipinski definition) is 2. The number of fused-ring (bicyclic) bond motifs is 1. The topological polar surface area (TPSA) is 29.1 Å². The Balaban J connectivity index is 2.00. The third-order valence-corrected chi connectivity index (χ3v) is 4.74. The lowest BCUT2D eigenvalue weighted by Gasteiger charge is -2.06. The van der Waals surface area contributed by atoms with Crippen LogP contribution in [0.2, 0.25) is 0 Å². The molecule has 0 aliphatic heterocycles. The molecular weight excluding hydrogens is 297 g/mol. The van der Waals surface area contributed by atoms with Crippen LogP contribution < -0.4 is 5.32 Å². The van der Waals surface area contributed by atoms with E-state index in [9.17, 15) is 9.18 Å². The van der Waals surface area contributed by atoms with Crippen molar-refractivity contribution in [1.29, 1.82) is 0 Å². The first-order chi connectivity index (χ1) is 10.7. The third kappa shape index (κ3) is 2.74. The minimum absolute atomic E-state index is 0.215. The largest absolute Gasteiger partial charge is 0.319 e. The number of para-hydroxylation sites is 1. The van der Waals surface area contributed by atoms with Gasteiger partial charge in [-0.3, -0.25) is 4.79 Å². The van der Waals surface area contributed by atoms with E-state index in [0.29, 0.717) is 4.88 Å². The van der Waals surface area contributed by atoms with Gasteiger partial charge in [0.2, 0.25) is 0 Å². The van der Waals surface area contributed by atoms with E-state index in [1.807, 2.05) is 24.3 Å². The number of halogens is 1. The number of amides is 1. The van der Waals surface area contributed by atoms with Crippen LogP contribution in [-0.2, 0) is 6.42 Å². The summed E-state index contributed by atoms with van der Waals surface area (Å²) >= 11 is 1.46. The summed E-state index contributed by atoms with van der Waals surface area (Å²) in [5.74, 6) is -0.663. The number of anilines is 1. The van der Waals surface area contributed by atoms with Crippen LogP contribution >= 0.6 is 11.3 Å². The lowest BCUT2D eigenvalue weighted by molar-refractivity contribution is 0.102. The summed E-state index contributed by atoms with van der Waals surface area (Å²) in [4.78, 5) is 13.2. The quantitative estimate of drug-likeness (QED) is 0.700. The molecule has 0 radical (unpaired) electrons. The van der Waals surface area contributed by atoms with Crippen LogP contribution in [0.15, 0.2) is 48.5 Å². The molecule has 0 atom stereocenters. The van der Waals surface area contributed by atoms with Crippen LogP contribution in [0.5, 0.6) is 0 Å². The van der Waals surface area contributed by atoms with Crippen molar-refractivity contribution in [1.82, 2.24) is 0 Å². The molecule has 1 aromatic heterocycles. The maximum absolute atomic E-state index is 13.7. The average molecular weight is 313 g/mol. The molecule has 22 heavy (non-hydrogen) atoms. The number of nitrogens with one attached hydrogen (secondary N) is 1. The van der Waals surface area contributed by atoms with Crippen LogP contribution in [0.4, 0.5) is 10.1 Å². The second kappa shape index (κ2) is 6.28. The fourth-order valence-electron chi connectivity index (χ4n) is 2.52. The molecular formula is C18H16FNOS. The first-order valence-electron chi connectivity index (χ1n) is 7.27. The van der Waals surface area contributed by atoms with Gasteiger partial charge in [-0.25, -0.2) is 4.39 Å². The molecule has 0 aliphatic carbocycles. The zero-order valence-corrected chi connectivity index (χ0v) is 13.0. The van der Waals surface area contributed by atoms with E-state index < -0.39 is 5.82 Å². The van der Waals surface area contributed by atoms with E-state index in [4.69, 9.17) is 0 Å². The van der Waals surface area contributed by atoms with Crippen LogP contribution in [-0.4, -0.2) is 5.91 Å². The van der Waals surface area contributed by atoms with E-state index in [1.54, 1.807) is 18.2 Å². The van der Waals surface area contributed by atoms with E-state index >= 15 is 0 Å². The fraction of sp³-hybridized carbons (Fsp3) is 0.167. The Morgan fingerprint density at radius 1 is 1.14 bits per heavy atom. The van der Waals surface area contributed by atoms with Gasteiger partial charge >= 0.3 is 0 Å². The van der Waals surface area contributed by atoms with Crippen molar-refractivity contribution >= 4 is 33.0 Å². The maximum atomic E-state index is 13.7. The predicted octanol–water partition coefficient (Wildman–Crippen LogP) is 5.25. The van der Waals surface area contributed by atoms with Gasteiger partial charge in [0.05, 0.1) is 10.6 Å². The van der Waals surface area contributed by atoms with Gasteiger partial charge in [0.25, 0.3) is 5.91 Å². The number of carbonyl (C=O) groups is 1. The minimum Gasteiger partial charge on any atom is -0.319 e. The van der Waals surface area contributed by atoms with Crippen molar-refractivity contribution in [2.45, 2.75) is 19.8 Å². The Morgan fingerprint density at radius 3 is 2.64 bits per heavy atom. The highest BCUT2D eigenvalue weighted by molar-refractivity contribution is 7.21. The van der Waals surface area contributed by atoms with Crippen molar-refractivity contribution in [3.8, 4) is 0 Å². The Kier molecular flexibility index (Phi) is 4.20. The summed E-state index contributed by atoms with van der Waals surface area (Å²) < 4.78 is 14.8. The Hall–Kier alpha value is -2.20. The fourth-order valence-corrected chi connectivity index (χ4v) is 3.67. The van der Waals surface area contributed by atoms with E-state index in [1.165, 1.54) is 17.4 Å². The second-order valence-electron chi connectivity index (χ2n) is 5.09. The molecule has 0 aliphatic rings. The molecule has 0 saturated carbocycles. The first kappa shape index (κ1) is 14.7. The van der Waals surface area contributed by atoms with Gasteiger partial charge < -0.3 is 5.32 Å². The molecule has 0 unspecified atom stereocenters. The zero-order valence-electron chi connectivity index (χ0n) is 12.2. The molecule has 1 heterocycles. The lowest BCUT2D eigenvalue weighted by Crippen LogP contribution is -2.13. The van der Waals surface area contributed by atoms with E-state index in [0.717, 1.165) is 28.5 Å². The normalized spacial score (nSPS) is 10.8. The van der Waals surface area contributed by atoms with Crippen molar-refractivity contribution in [3.63, 3.8) is 0 Å². The van der Waals surface area contributed by atoms with E-state index in [2.05, 4.69) is 12.2 Å². The molecule has 0 fully saturated rings. The zero-order chi connectivity index (χ0) is 15.5. The van der Waals surface area contributed by atoms with Gasteiger partial charge in [-0.05, 0) is 35.6 Å². The summed E-state index contributed by atoms with van der Waals surface area (Å²) in [6.07, 6.45) is 1.80. The Bertz CT molecular complexity index is 825. The number of aryl methyl sites for hydroxylation is 1. The van der Waals surface area contributed by atoms with Crippen molar-refractivity contribution in [2.24, 2.45) is 0 Å². The number of thiophene rings is 1. The highest BCUT2D eigenvalue weighted by atomic mass is 32.1. The van der Waals surface area contributed by atoms with Gasteiger partial charge in [0.15, 0.2) is 0 Å². The summed E-state index contributed by atoms with van der Waals surface area (Å²) in [5.41, 5.74) is 1.27. The second-order valence-corrected chi connectivity index (χ2v) is 6.14. The summed E-state index contributed by atoms with van der Waals surface area (Å²) in [6.45, 7) is 2.09. The highest BCUT2D eigenvalue weighted by Gasteiger charge is 2.18. The highest BCUT2D eigenvalue weighted by Crippen LogP contribution is 2.33. The number of benzene rings is 2. The Labute approximate surface area is 132 Å². The standard InChI is InChI=1S/C18H16FNOS/c1-2-7-13-12-8-3-6-11-16(12)22-17(13)18(21)20-15-10-5-4-9-14(15)19/h3-6,8-11H,2,7H2,1H3,(H,20,21). The summed E-state index contributed by atoms with van der Waals surface area (Å²) in [7, 11) is 0. The lowest BCUT2D eigenvalue weighted by atomic mass is 10.1. The molecule has 0 spiro atoms. The van der Waals surface area contributed by atoms with Crippen LogP contribution in [0.25, 0.3) is 10.1 Å². The maximum Gasteiger partial charge on any atom is 0.266 e. The number of rotatable bonds is 4. The molecule has 112 valence electrons. The van der Waals surface area contributed by atoms with Crippen LogP contribution in [0, 0.1) is 5.82 Å².